The summed E-state index contributed by atoms with van der Waals surface area (Å²) >= 11 is 0. The van der Waals surface area contributed by atoms with Gasteiger partial charge in [-0.05, 0) is 124 Å². The van der Waals surface area contributed by atoms with Crippen molar-refractivity contribution in [3.8, 4) is 0 Å². The molecule has 0 saturated heterocycles. The molecule has 4 bridgehead atoms. The number of hydrogen-bond acceptors (Lipinski definition) is 2. The van der Waals surface area contributed by atoms with Gasteiger partial charge in [-0.1, -0.05) is 26.8 Å². The van der Waals surface area contributed by atoms with Crippen LogP contribution in [0.25, 0.3) is 0 Å². The molecule has 8 rings (SSSR count). The van der Waals surface area contributed by atoms with Crippen molar-refractivity contribution in [2.45, 2.75) is 103 Å². The highest BCUT2D eigenvalue weighted by molar-refractivity contribution is 5.89. The van der Waals surface area contributed by atoms with E-state index in [9.17, 15) is 9.59 Å². The molecule has 7 fully saturated rings. The van der Waals surface area contributed by atoms with E-state index in [-0.39, 0.29) is 34.2 Å². The van der Waals surface area contributed by atoms with E-state index in [1.54, 1.807) is 6.08 Å². The molecule has 8 aliphatic rings. The molecule has 186 valence electrons. The summed E-state index contributed by atoms with van der Waals surface area (Å²) in [4.78, 5) is 26.2. The van der Waals surface area contributed by atoms with E-state index < -0.39 is 0 Å². The number of hydrogen-bond donors (Lipinski definition) is 2. The zero-order valence-electron chi connectivity index (χ0n) is 21.4. The Kier molecular flexibility index (Phi) is 4.60. The molecule has 7 aliphatic carbocycles. The lowest BCUT2D eigenvalue weighted by molar-refractivity contribution is -0.140. The van der Waals surface area contributed by atoms with Crippen molar-refractivity contribution < 1.29 is 9.59 Å². The highest BCUT2D eigenvalue weighted by atomic mass is 16.2. The summed E-state index contributed by atoms with van der Waals surface area (Å²) in [6.45, 7) is 7.24. The Labute approximate surface area is 205 Å². The van der Waals surface area contributed by atoms with Gasteiger partial charge in [0.15, 0.2) is 0 Å². The number of carbonyl (C=O) groups excluding carboxylic acids is 2. The fourth-order valence-electron chi connectivity index (χ4n) is 11.9. The maximum atomic E-state index is 14.1. The molecule has 0 aromatic carbocycles. The number of amides is 2. The fourth-order valence-corrected chi connectivity index (χ4v) is 11.9. The number of fused-ring (bicyclic) bond motifs is 5. The quantitative estimate of drug-likeness (QED) is 0.588. The van der Waals surface area contributed by atoms with Gasteiger partial charge in [0.2, 0.25) is 11.8 Å². The van der Waals surface area contributed by atoms with Gasteiger partial charge in [0, 0.05) is 22.9 Å². The molecule has 34 heavy (non-hydrogen) atoms. The summed E-state index contributed by atoms with van der Waals surface area (Å²) in [5.74, 6) is 5.66. The Morgan fingerprint density at radius 2 is 1.65 bits per heavy atom. The topological polar surface area (TPSA) is 58.2 Å². The van der Waals surface area contributed by atoms with Crippen LogP contribution >= 0.6 is 0 Å². The van der Waals surface area contributed by atoms with E-state index in [0.717, 1.165) is 30.6 Å². The van der Waals surface area contributed by atoms with E-state index in [1.165, 1.54) is 57.8 Å². The molecular formula is C30H44N2O2. The third-order valence-corrected chi connectivity index (χ3v) is 12.7. The summed E-state index contributed by atoms with van der Waals surface area (Å²) in [6, 6.07) is 0.282. The lowest BCUT2D eigenvalue weighted by atomic mass is 9.48. The van der Waals surface area contributed by atoms with Gasteiger partial charge in [0.25, 0.3) is 0 Å². The van der Waals surface area contributed by atoms with Crippen LogP contribution in [0.3, 0.4) is 0 Å². The molecule has 1 heterocycles. The van der Waals surface area contributed by atoms with Gasteiger partial charge in [-0.25, -0.2) is 0 Å². The van der Waals surface area contributed by atoms with Gasteiger partial charge in [-0.3, -0.25) is 9.59 Å². The zero-order valence-corrected chi connectivity index (χ0v) is 21.4. The third kappa shape index (κ3) is 2.95. The number of carbonyl (C=O) groups is 2. The average molecular weight is 465 g/mol. The first-order chi connectivity index (χ1) is 16.2. The first-order valence-corrected chi connectivity index (χ1v) is 14.5. The average Bonchev–Trinajstić information content (AvgIpc) is 3.03. The van der Waals surface area contributed by atoms with Crippen molar-refractivity contribution in [1.29, 1.82) is 0 Å². The van der Waals surface area contributed by atoms with Crippen molar-refractivity contribution in [3.05, 3.63) is 12.2 Å². The monoisotopic (exact) mass is 464 g/mol. The minimum Gasteiger partial charge on any atom is -0.350 e. The van der Waals surface area contributed by atoms with Gasteiger partial charge in [-0.2, -0.15) is 0 Å². The molecule has 1 aliphatic heterocycles. The first-order valence-electron chi connectivity index (χ1n) is 14.5. The second-order valence-electron chi connectivity index (χ2n) is 14.6. The highest BCUT2D eigenvalue weighted by Crippen LogP contribution is 2.66. The van der Waals surface area contributed by atoms with Crippen LogP contribution in [0.2, 0.25) is 0 Å². The molecule has 1 unspecified atom stereocenters. The first kappa shape index (κ1) is 21.9. The van der Waals surface area contributed by atoms with Crippen LogP contribution in [-0.2, 0) is 9.59 Å². The maximum Gasteiger partial charge on any atom is 0.243 e. The van der Waals surface area contributed by atoms with Crippen LogP contribution in [0.15, 0.2) is 12.2 Å². The molecule has 0 aromatic heterocycles. The molecule has 2 amide bonds. The SMILES string of the molecule is CC1C[C@H]2[C@@H]3CC[C@H]4NC(=O)C=C[C@]4(C)[C@H]3CC[C@]2(C)[C@H]1C(=O)NC12CC3CC(CC(C3)C1)C2. The summed E-state index contributed by atoms with van der Waals surface area (Å²) in [7, 11) is 0. The second-order valence-corrected chi connectivity index (χ2v) is 14.6. The number of rotatable bonds is 2. The lowest BCUT2D eigenvalue weighted by Gasteiger charge is -2.59. The van der Waals surface area contributed by atoms with Crippen LogP contribution in [-0.4, -0.2) is 23.4 Å². The van der Waals surface area contributed by atoms with Crippen molar-refractivity contribution in [2.24, 2.45) is 58.2 Å². The smallest absolute Gasteiger partial charge is 0.243 e. The Balaban J connectivity index is 1.14. The van der Waals surface area contributed by atoms with E-state index in [0.29, 0.717) is 29.6 Å². The van der Waals surface area contributed by atoms with Gasteiger partial charge in [0.05, 0.1) is 0 Å². The molecule has 8 atom stereocenters. The summed E-state index contributed by atoms with van der Waals surface area (Å²) < 4.78 is 0. The van der Waals surface area contributed by atoms with Crippen molar-refractivity contribution in [2.75, 3.05) is 0 Å². The third-order valence-electron chi connectivity index (χ3n) is 12.7. The summed E-state index contributed by atoms with van der Waals surface area (Å²) in [5, 5.41) is 7.07. The molecule has 0 radical (unpaired) electrons. The van der Waals surface area contributed by atoms with Crippen molar-refractivity contribution in [1.82, 2.24) is 10.6 Å². The van der Waals surface area contributed by atoms with E-state index in [2.05, 4.69) is 37.5 Å². The molecule has 4 nitrogen and oxygen atoms in total. The van der Waals surface area contributed by atoms with E-state index >= 15 is 0 Å². The fraction of sp³-hybridized carbons (Fsp3) is 0.867. The second kappa shape index (κ2) is 7.13. The molecule has 0 aromatic rings. The maximum absolute atomic E-state index is 14.1. The van der Waals surface area contributed by atoms with Gasteiger partial charge < -0.3 is 10.6 Å². The van der Waals surface area contributed by atoms with Crippen molar-refractivity contribution >= 4 is 11.8 Å². The predicted octanol–water partition coefficient (Wildman–Crippen LogP) is 5.23. The number of nitrogens with one attached hydrogen (secondary N) is 2. The van der Waals surface area contributed by atoms with E-state index in [4.69, 9.17) is 0 Å². The van der Waals surface area contributed by atoms with E-state index in [1.807, 2.05) is 0 Å². The molecular weight excluding hydrogens is 420 g/mol. The highest BCUT2D eigenvalue weighted by Gasteiger charge is 2.63. The Hall–Kier alpha value is -1.32. The van der Waals surface area contributed by atoms with Gasteiger partial charge in [-0.15, -0.1) is 0 Å². The van der Waals surface area contributed by atoms with Crippen LogP contribution in [0.1, 0.15) is 91.4 Å². The van der Waals surface area contributed by atoms with Gasteiger partial charge in [0.1, 0.15) is 0 Å². The molecule has 2 N–H and O–H groups in total. The van der Waals surface area contributed by atoms with Gasteiger partial charge >= 0.3 is 0 Å². The zero-order chi connectivity index (χ0) is 23.5. The van der Waals surface area contributed by atoms with Crippen LogP contribution in [0.4, 0.5) is 0 Å². The predicted molar refractivity (Wildman–Crippen MR) is 133 cm³/mol. The summed E-state index contributed by atoms with van der Waals surface area (Å²) in [5.41, 5.74) is 0.312. The normalized spacial score (nSPS) is 56.9. The largest absolute Gasteiger partial charge is 0.350 e. The Morgan fingerprint density at radius 3 is 2.32 bits per heavy atom. The van der Waals surface area contributed by atoms with Crippen LogP contribution < -0.4 is 10.6 Å². The Morgan fingerprint density at radius 1 is 0.971 bits per heavy atom. The molecule has 4 heteroatoms. The van der Waals surface area contributed by atoms with Crippen LogP contribution in [0, 0.1) is 58.2 Å². The van der Waals surface area contributed by atoms with Crippen LogP contribution in [0.5, 0.6) is 0 Å². The Bertz CT molecular complexity index is 905. The lowest BCUT2D eigenvalue weighted by Crippen LogP contribution is -2.62. The van der Waals surface area contributed by atoms with Crippen molar-refractivity contribution in [3.63, 3.8) is 0 Å². The summed E-state index contributed by atoms with van der Waals surface area (Å²) in [6.07, 6.45) is 17.9. The minimum absolute atomic E-state index is 0.0704. The standard InChI is InChI=1S/C30H44N2O2/c1-17-10-23-21-4-5-24-28(2,9-7-25(33)31-24)22(21)6-8-29(23,3)26(17)27(34)32-30-14-18-11-19(15-30)13-20(12-18)16-30/h7,9,17-24,26H,4-6,8,10-16H2,1-3H3,(H,31,33)(H,32,34)/t17?,18?,19?,20?,21-,22+,23+,24-,26-,28-,29+,30?/m1/s1. The molecule has 7 saturated carbocycles. The molecule has 0 spiro atoms. The minimum atomic E-state index is 0.0704.